The van der Waals surface area contributed by atoms with E-state index < -0.39 is 0 Å². The fourth-order valence-corrected chi connectivity index (χ4v) is 1.69. The lowest BCUT2D eigenvalue weighted by Gasteiger charge is -2.13. The maximum absolute atomic E-state index is 11.0. The van der Waals surface area contributed by atoms with Crippen LogP contribution < -0.4 is 5.32 Å². The maximum Gasteiger partial charge on any atom is 0.223 e. The Hall–Kier alpha value is -0.860. The normalized spacial score (nSPS) is 38.0. The van der Waals surface area contributed by atoms with Crippen molar-refractivity contribution in [2.24, 2.45) is 5.92 Å². The zero-order valence-corrected chi connectivity index (χ0v) is 5.59. The van der Waals surface area contributed by atoms with Crippen molar-refractivity contribution in [1.82, 2.24) is 5.32 Å². The van der Waals surface area contributed by atoms with Gasteiger partial charge in [-0.05, 0) is 12.8 Å². The standard InChI is InChI=1S/C7H9NO2/c9-6-2-1-4-3-5(6)8-7(4)10/h4-5H,1-3H2,(H,8,10)/t4-,5-/m0/s1. The third-order valence-corrected chi connectivity index (χ3v) is 2.34. The highest BCUT2D eigenvalue weighted by atomic mass is 16.2. The number of Topliss-reactive ketones (excluding diaryl/α,β-unsaturated/α-hetero) is 1. The lowest BCUT2D eigenvalue weighted by atomic mass is 9.89. The number of carbonyl (C=O) groups excluding carboxylic acids is 2. The SMILES string of the molecule is O=C1N[C@H]2C[C@@H]1CCC2=O. The molecule has 2 atom stereocenters. The molecule has 0 radical (unpaired) electrons. The summed E-state index contributed by atoms with van der Waals surface area (Å²) in [7, 11) is 0. The number of amides is 1. The van der Waals surface area contributed by atoms with E-state index in [1.807, 2.05) is 0 Å². The average molecular weight is 139 g/mol. The van der Waals surface area contributed by atoms with Gasteiger partial charge in [-0.3, -0.25) is 9.59 Å². The zero-order valence-electron chi connectivity index (χ0n) is 5.59. The van der Waals surface area contributed by atoms with Crippen molar-refractivity contribution in [3.05, 3.63) is 0 Å². The molecule has 10 heavy (non-hydrogen) atoms. The first kappa shape index (κ1) is 5.89. The Morgan fingerprint density at radius 2 is 2.20 bits per heavy atom. The van der Waals surface area contributed by atoms with Crippen LogP contribution in [0.1, 0.15) is 19.3 Å². The van der Waals surface area contributed by atoms with Gasteiger partial charge in [0, 0.05) is 12.3 Å². The van der Waals surface area contributed by atoms with E-state index in [9.17, 15) is 9.59 Å². The van der Waals surface area contributed by atoms with Gasteiger partial charge < -0.3 is 5.32 Å². The number of ketones is 1. The topological polar surface area (TPSA) is 46.2 Å². The highest BCUT2D eigenvalue weighted by molar-refractivity contribution is 5.95. The van der Waals surface area contributed by atoms with Crippen molar-refractivity contribution >= 4 is 11.7 Å². The first-order valence-corrected chi connectivity index (χ1v) is 3.60. The summed E-state index contributed by atoms with van der Waals surface area (Å²) in [5.74, 6) is 0.431. The summed E-state index contributed by atoms with van der Waals surface area (Å²) in [5, 5.41) is 2.68. The number of hydrogen-bond acceptors (Lipinski definition) is 2. The number of nitrogens with one attached hydrogen (secondary N) is 1. The van der Waals surface area contributed by atoms with E-state index in [2.05, 4.69) is 5.32 Å². The Morgan fingerprint density at radius 3 is 2.90 bits per heavy atom. The molecule has 1 N–H and O–H groups in total. The Morgan fingerprint density at radius 1 is 1.40 bits per heavy atom. The minimum Gasteiger partial charge on any atom is -0.346 e. The quantitative estimate of drug-likeness (QED) is 0.507. The molecule has 3 heteroatoms. The highest BCUT2D eigenvalue weighted by Crippen LogP contribution is 2.27. The van der Waals surface area contributed by atoms with Crippen LogP contribution in [0.3, 0.4) is 0 Å². The van der Waals surface area contributed by atoms with E-state index in [0.717, 1.165) is 12.8 Å². The van der Waals surface area contributed by atoms with Gasteiger partial charge in [-0.1, -0.05) is 0 Å². The summed E-state index contributed by atoms with van der Waals surface area (Å²) in [5.41, 5.74) is 0. The summed E-state index contributed by atoms with van der Waals surface area (Å²) in [6, 6.07) is -0.133. The monoisotopic (exact) mass is 139 g/mol. The molecular formula is C7H9NO2. The van der Waals surface area contributed by atoms with Crippen molar-refractivity contribution in [2.45, 2.75) is 25.3 Å². The van der Waals surface area contributed by atoms with Crippen LogP contribution in [0.4, 0.5) is 0 Å². The molecule has 0 spiro atoms. The smallest absolute Gasteiger partial charge is 0.223 e. The lowest BCUT2D eigenvalue weighted by molar-refractivity contribution is -0.123. The molecule has 2 rings (SSSR count). The average Bonchev–Trinajstić information content (AvgIpc) is 2.21. The second kappa shape index (κ2) is 1.81. The summed E-state index contributed by atoms with van der Waals surface area (Å²) in [6.07, 6.45) is 2.10. The largest absolute Gasteiger partial charge is 0.346 e. The first-order valence-electron chi connectivity index (χ1n) is 3.60. The molecule has 1 aliphatic heterocycles. The summed E-state index contributed by atoms with van der Waals surface area (Å²) in [4.78, 5) is 21.9. The molecule has 0 aromatic rings. The van der Waals surface area contributed by atoms with Gasteiger partial charge in [-0.15, -0.1) is 0 Å². The summed E-state index contributed by atoms with van der Waals surface area (Å²) >= 11 is 0. The molecule has 0 aromatic carbocycles. The molecular weight excluding hydrogens is 130 g/mol. The first-order chi connectivity index (χ1) is 4.77. The van der Waals surface area contributed by atoms with Crippen LogP contribution in [-0.4, -0.2) is 17.7 Å². The second-order valence-electron chi connectivity index (χ2n) is 3.00. The van der Waals surface area contributed by atoms with Crippen LogP contribution in [0, 0.1) is 5.92 Å². The molecule has 2 aliphatic rings. The van der Waals surface area contributed by atoms with Gasteiger partial charge in [0.2, 0.25) is 5.91 Å². The van der Waals surface area contributed by atoms with Gasteiger partial charge in [-0.25, -0.2) is 0 Å². The molecule has 1 amide bonds. The van der Waals surface area contributed by atoms with Crippen LogP contribution in [-0.2, 0) is 9.59 Å². The van der Waals surface area contributed by atoms with Crippen LogP contribution in [0.2, 0.25) is 0 Å². The van der Waals surface area contributed by atoms with E-state index in [1.165, 1.54) is 0 Å². The van der Waals surface area contributed by atoms with Crippen molar-refractivity contribution in [1.29, 1.82) is 0 Å². The Kier molecular flexibility index (Phi) is 1.07. The minimum atomic E-state index is -0.133. The van der Waals surface area contributed by atoms with E-state index >= 15 is 0 Å². The van der Waals surface area contributed by atoms with Crippen molar-refractivity contribution in [2.75, 3.05) is 0 Å². The highest BCUT2D eigenvalue weighted by Gasteiger charge is 2.39. The molecule has 3 nitrogen and oxygen atoms in total. The van der Waals surface area contributed by atoms with Gasteiger partial charge in [0.05, 0.1) is 6.04 Å². The Balaban J connectivity index is 2.22. The molecule has 1 saturated carbocycles. The molecule has 1 saturated heterocycles. The van der Waals surface area contributed by atoms with Gasteiger partial charge in [0.1, 0.15) is 0 Å². The fourth-order valence-electron chi connectivity index (χ4n) is 1.69. The lowest BCUT2D eigenvalue weighted by Crippen LogP contribution is -2.32. The predicted molar refractivity (Wildman–Crippen MR) is 34.3 cm³/mol. The number of hydrogen-bond donors (Lipinski definition) is 1. The molecule has 0 unspecified atom stereocenters. The summed E-state index contributed by atoms with van der Waals surface area (Å²) < 4.78 is 0. The second-order valence-corrected chi connectivity index (χ2v) is 3.00. The molecule has 54 valence electrons. The van der Waals surface area contributed by atoms with Crippen molar-refractivity contribution < 1.29 is 9.59 Å². The van der Waals surface area contributed by atoms with E-state index in [-0.39, 0.29) is 23.7 Å². The van der Waals surface area contributed by atoms with Crippen molar-refractivity contribution in [3.63, 3.8) is 0 Å². The van der Waals surface area contributed by atoms with Crippen LogP contribution in [0.5, 0.6) is 0 Å². The van der Waals surface area contributed by atoms with Crippen molar-refractivity contribution in [3.8, 4) is 0 Å². The Bertz CT molecular complexity index is 198. The number of carbonyl (C=O) groups is 2. The maximum atomic E-state index is 11.0. The molecule has 1 aliphatic carbocycles. The third kappa shape index (κ3) is 0.664. The van der Waals surface area contributed by atoms with Gasteiger partial charge >= 0.3 is 0 Å². The van der Waals surface area contributed by atoms with Crippen LogP contribution in [0.25, 0.3) is 0 Å². The van der Waals surface area contributed by atoms with Gasteiger partial charge in [-0.2, -0.15) is 0 Å². The molecule has 1 heterocycles. The van der Waals surface area contributed by atoms with Gasteiger partial charge in [0.15, 0.2) is 5.78 Å². The third-order valence-electron chi connectivity index (χ3n) is 2.34. The fraction of sp³-hybridized carbons (Fsp3) is 0.714. The molecule has 2 bridgehead atoms. The number of rotatable bonds is 0. The van der Waals surface area contributed by atoms with Gasteiger partial charge in [0.25, 0.3) is 0 Å². The Labute approximate surface area is 58.8 Å². The summed E-state index contributed by atoms with van der Waals surface area (Å²) in [6.45, 7) is 0. The van der Waals surface area contributed by atoms with Crippen LogP contribution >= 0.6 is 0 Å². The molecule has 2 fully saturated rings. The minimum absolute atomic E-state index is 0.0795. The van der Waals surface area contributed by atoms with E-state index in [0.29, 0.717) is 6.42 Å². The van der Waals surface area contributed by atoms with E-state index in [4.69, 9.17) is 0 Å². The molecule has 0 aromatic heterocycles. The van der Waals surface area contributed by atoms with Crippen LogP contribution in [0.15, 0.2) is 0 Å². The predicted octanol–water partition coefficient (Wildman–Crippen LogP) is -0.146. The van der Waals surface area contributed by atoms with E-state index in [1.54, 1.807) is 0 Å². The zero-order chi connectivity index (χ0) is 7.14. The number of fused-ring (bicyclic) bond motifs is 2.